The number of ether oxygens (including phenoxy) is 1. The number of nitrogens with zero attached hydrogens (tertiary/aromatic N) is 3. The van der Waals surface area contributed by atoms with Gasteiger partial charge in [-0.3, -0.25) is 19.5 Å². The first-order valence-electron chi connectivity index (χ1n) is 10.4. The molecule has 1 aromatic heterocycles. The van der Waals surface area contributed by atoms with Gasteiger partial charge in [-0.2, -0.15) is 23.5 Å². The minimum absolute atomic E-state index is 0.209. The van der Waals surface area contributed by atoms with Crippen LogP contribution in [0.1, 0.15) is 41.9 Å². The van der Waals surface area contributed by atoms with E-state index in [0.29, 0.717) is 6.07 Å². The number of hydrogen-bond donors (Lipinski definition) is 2. The topological polar surface area (TPSA) is 128 Å². The first-order valence-corrected chi connectivity index (χ1v) is 10.4. The van der Waals surface area contributed by atoms with Gasteiger partial charge < -0.3 is 10.1 Å². The minimum atomic E-state index is -4.84. The smallest absolute Gasteiger partial charge is 0.365 e. The lowest BCUT2D eigenvalue weighted by Gasteiger charge is -2.35. The molecule has 3 saturated heterocycles. The number of nitrogens with one attached hydrogen (secondary N) is 2. The number of nitriles is 1. The van der Waals surface area contributed by atoms with Crippen LogP contribution >= 0.6 is 0 Å². The second-order valence-electron chi connectivity index (χ2n) is 9.11. The number of carbonyl (C=O) groups is 3. The summed E-state index contributed by atoms with van der Waals surface area (Å²) in [5, 5.41) is 18.1. The van der Waals surface area contributed by atoms with Crippen LogP contribution in [-0.2, 0) is 20.5 Å². The van der Waals surface area contributed by atoms with Crippen molar-refractivity contribution in [3.8, 4) is 6.07 Å². The number of amides is 3. The lowest BCUT2D eigenvalue weighted by molar-refractivity contribution is -0.138. The molecule has 3 fully saturated rings. The summed E-state index contributed by atoms with van der Waals surface area (Å²) in [7, 11) is 0. The van der Waals surface area contributed by atoms with Gasteiger partial charge in [-0.05, 0) is 38.1 Å². The normalized spacial score (nSPS) is 32.1. The lowest BCUT2D eigenvalue weighted by atomic mass is 9.66. The molecule has 0 saturated carbocycles. The number of carbonyl (C=O) groups excluding carboxylic acids is 3. The van der Waals surface area contributed by atoms with Gasteiger partial charge in [0.2, 0.25) is 11.8 Å². The summed E-state index contributed by atoms with van der Waals surface area (Å²) in [6, 6.07) is 5.06. The van der Waals surface area contributed by atoms with Gasteiger partial charge in [-0.25, -0.2) is 4.90 Å². The number of aromatic nitrogens is 2. The molecular weight excluding hydrogens is 455 g/mol. The second-order valence-corrected chi connectivity index (χ2v) is 9.11. The van der Waals surface area contributed by atoms with Gasteiger partial charge in [0.25, 0.3) is 5.91 Å². The molecule has 5 rings (SSSR count). The number of fused-ring (bicyclic) bond motifs is 5. The fourth-order valence-corrected chi connectivity index (χ4v) is 5.63. The zero-order valence-corrected chi connectivity index (χ0v) is 17.9. The van der Waals surface area contributed by atoms with Crippen LogP contribution in [0.2, 0.25) is 0 Å². The Morgan fingerprint density at radius 2 is 1.97 bits per heavy atom. The summed E-state index contributed by atoms with van der Waals surface area (Å²) in [5.41, 5.74) is -4.25. The average Bonchev–Trinajstić information content (AvgIpc) is 3.48. The first-order chi connectivity index (χ1) is 15.9. The molecular formula is C22H18F3N5O4. The fourth-order valence-electron chi connectivity index (χ4n) is 5.63. The van der Waals surface area contributed by atoms with E-state index in [9.17, 15) is 27.6 Å². The molecule has 0 aliphatic carbocycles. The standard InChI is InChI=1S/C22H18F3N5O4/c1-20-8-14(28-17(31)13-5-6-27-29-13)21(2,34-20)16-15(20)18(32)30(19(16)33)11-4-3-10(9-26)12(7-11)22(23,24)25/h3-7,14-16H,8H2,1-2H3,(H,27,29)(H,28,31)/t14-,15-,16+,20-,21+/m0/s1. The highest BCUT2D eigenvalue weighted by Crippen LogP contribution is 2.61. The van der Waals surface area contributed by atoms with Crippen molar-refractivity contribution in [3.05, 3.63) is 47.3 Å². The number of alkyl halides is 3. The van der Waals surface area contributed by atoms with Gasteiger partial charge >= 0.3 is 6.18 Å². The number of rotatable bonds is 3. The molecule has 9 nitrogen and oxygen atoms in total. The molecule has 5 atom stereocenters. The molecule has 2 bridgehead atoms. The molecule has 0 spiro atoms. The summed E-state index contributed by atoms with van der Waals surface area (Å²) in [5.74, 6) is -3.77. The maximum Gasteiger partial charge on any atom is 0.417 e. The van der Waals surface area contributed by atoms with Crippen LogP contribution < -0.4 is 10.2 Å². The first kappa shape index (κ1) is 22.1. The third-order valence-corrected chi connectivity index (χ3v) is 7.07. The fraction of sp³-hybridized carbons (Fsp3) is 0.409. The van der Waals surface area contributed by atoms with Crippen LogP contribution in [0, 0.1) is 23.2 Å². The van der Waals surface area contributed by atoms with Crippen molar-refractivity contribution in [1.82, 2.24) is 15.5 Å². The molecule has 12 heteroatoms. The Hall–Kier alpha value is -3.72. The Balaban J connectivity index is 1.50. The molecule has 4 heterocycles. The molecule has 1 aromatic carbocycles. The molecule has 0 radical (unpaired) electrons. The largest absolute Gasteiger partial charge is 0.417 e. The number of benzene rings is 1. The van der Waals surface area contributed by atoms with Crippen molar-refractivity contribution in [1.29, 1.82) is 5.26 Å². The molecule has 0 unspecified atom stereocenters. The number of imide groups is 1. The van der Waals surface area contributed by atoms with E-state index in [1.165, 1.54) is 18.3 Å². The summed E-state index contributed by atoms with van der Waals surface area (Å²) in [6.07, 6.45) is -3.20. The van der Waals surface area contributed by atoms with E-state index in [-0.39, 0.29) is 17.8 Å². The summed E-state index contributed by atoms with van der Waals surface area (Å²) < 4.78 is 46.6. The van der Waals surface area contributed by atoms with E-state index in [2.05, 4.69) is 15.5 Å². The summed E-state index contributed by atoms with van der Waals surface area (Å²) >= 11 is 0. The van der Waals surface area contributed by atoms with Crippen molar-refractivity contribution in [2.75, 3.05) is 4.90 Å². The Morgan fingerprint density at radius 1 is 1.26 bits per heavy atom. The Labute approximate surface area is 190 Å². The number of anilines is 1. The Bertz CT molecular complexity index is 1270. The Kier molecular flexibility index (Phi) is 4.48. The maximum absolute atomic E-state index is 13.5. The highest BCUT2D eigenvalue weighted by molar-refractivity contribution is 6.23. The van der Waals surface area contributed by atoms with Crippen LogP contribution in [0.25, 0.3) is 0 Å². The molecule has 34 heavy (non-hydrogen) atoms. The van der Waals surface area contributed by atoms with E-state index in [1.807, 2.05) is 0 Å². The van der Waals surface area contributed by atoms with Crippen LogP contribution in [0.5, 0.6) is 0 Å². The maximum atomic E-state index is 13.5. The van der Waals surface area contributed by atoms with Crippen LogP contribution in [0.15, 0.2) is 30.5 Å². The zero-order valence-electron chi connectivity index (χ0n) is 17.9. The predicted molar refractivity (Wildman–Crippen MR) is 108 cm³/mol. The van der Waals surface area contributed by atoms with Crippen molar-refractivity contribution in [3.63, 3.8) is 0 Å². The predicted octanol–water partition coefficient (Wildman–Crippen LogP) is 2.16. The molecule has 176 valence electrons. The molecule has 2 N–H and O–H groups in total. The average molecular weight is 473 g/mol. The van der Waals surface area contributed by atoms with Gasteiger partial charge in [-0.1, -0.05) is 0 Å². The molecule has 3 aliphatic heterocycles. The quantitative estimate of drug-likeness (QED) is 0.658. The van der Waals surface area contributed by atoms with Crippen molar-refractivity contribution in [2.24, 2.45) is 11.8 Å². The van der Waals surface area contributed by atoms with Gasteiger partial charge in [0, 0.05) is 12.6 Å². The van der Waals surface area contributed by atoms with E-state index >= 15 is 0 Å². The van der Waals surface area contributed by atoms with E-state index < -0.39 is 64.1 Å². The third kappa shape index (κ3) is 2.89. The van der Waals surface area contributed by atoms with Crippen molar-refractivity contribution >= 4 is 23.4 Å². The van der Waals surface area contributed by atoms with E-state index in [4.69, 9.17) is 10.00 Å². The van der Waals surface area contributed by atoms with Crippen LogP contribution in [-0.4, -0.2) is 45.2 Å². The van der Waals surface area contributed by atoms with Crippen molar-refractivity contribution in [2.45, 2.75) is 43.7 Å². The number of halogens is 3. The third-order valence-electron chi connectivity index (χ3n) is 7.07. The minimum Gasteiger partial charge on any atom is -0.365 e. The number of H-pyrrole nitrogens is 1. The van der Waals surface area contributed by atoms with Gasteiger partial charge in [-0.15, -0.1) is 0 Å². The SMILES string of the molecule is C[C@@]12O[C@@](C)(C[C@@H]1NC(=O)c1ccn[nH]1)[C@@H]1C(=O)N(c3ccc(C#N)c(C(F)(F)F)c3)C(=O)[C@@H]12. The van der Waals surface area contributed by atoms with Crippen molar-refractivity contribution < 1.29 is 32.3 Å². The van der Waals surface area contributed by atoms with E-state index in [0.717, 1.165) is 17.0 Å². The summed E-state index contributed by atoms with van der Waals surface area (Å²) in [6.45, 7) is 3.28. The number of hydrogen-bond acceptors (Lipinski definition) is 6. The lowest BCUT2D eigenvalue weighted by Crippen LogP contribution is -2.56. The highest BCUT2D eigenvalue weighted by atomic mass is 19.4. The Morgan fingerprint density at radius 3 is 2.59 bits per heavy atom. The second kappa shape index (κ2) is 6.89. The molecule has 3 amide bonds. The zero-order chi connectivity index (χ0) is 24.6. The monoisotopic (exact) mass is 473 g/mol. The van der Waals surface area contributed by atoms with E-state index in [1.54, 1.807) is 13.8 Å². The summed E-state index contributed by atoms with van der Waals surface area (Å²) in [4.78, 5) is 40.1. The van der Waals surface area contributed by atoms with Crippen LogP contribution in [0.4, 0.5) is 18.9 Å². The van der Waals surface area contributed by atoms with Gasteiger partial charge in [0.15, 0.2) is 0 Å². The molecule has 3 aliphatic rings. The highest BCUT2D eigenvalue weighted by Gasteiger charge is 2.76. The van der Waals surface area contributed by atoms with Crippen LogP contribution in [0.3, 0.4) is 0 Å². The van der Waals surface area contributed by atoms with Gasteiger partial charge in [0.1, 0.15) is 5.69 Å². The van der Waals surface area contributed by atoms with Gasteiger partial charge in [0.05, 0.1) is 52.0 Å². The molecule has 2 aromatic rings. The number of aromatic amines is 1.